The van der Waals surface area contributed by atoms with Gasteiger partial charge in [-0.3, -0.25) is 10.1 Å². The van der Waals surface area contributed by atoms with Crippen LogP contribution >= 0.6 is 11.6 Å². The number of carboxylic acid groups (broad SMARTS) is 1. The number of anilines is 1. The third-order valence-electron chi connectivity index (χ3n) is 6.56. The number of nitrogens with one attached hydrogen (secondary N) is 1. The number of hydrogen-bond donors (Lipinski definition) is 2. The molecule has 1 saturated carbocycles. The second kappa shape index (κ2) is 9.59. The highest BCUT2D eigenvalue weighted by molar-refractivity contribution is 6.32. The van der Waals surface area contributed by atoms with E-state index in [1.165, 1.54) is 0 Å². The van der Waals surface area contributed by atoms with E-state index >= 15 is 0 Å². The number of hydrogen-bond acceptors (Lipinski definition) is 5. The van der Waals surface area contributed by atoms with Crippen LogP contribution in [0.3, 0.4) is 0 Å². The molecular weight excluding hydrogens is 492 g/mol. The van der Waals surface area contributed by atoms with Gasteiger partial charge in [-0.05, 0) is 48.6 Å². The molecule has 0 spiro atoms. The van der Waals surface area contributed by atoms with Crippen molar-refractivity contribution >= 4 is 35.1 Å². The normalized spacial score (nSPS) is 13.6. The van der Waals surface area contributed by atoms with E-state index in [1.54, 1.807) is 31.2 Å². The Morgan fingerprint density at radius 1 is 1.00 bits per heavy atom. The van der Waals surface area contributed by atoms with Crippen molar-refractivity contribution in [3.05, 3.63) is 101 Å². The van der Waals surface area contributed by atoms with Crippen LogP contribution < -0.4 is 5.32 Å². The lowest BCUT2D eigenvalue weighted by molar-refractivity contribution is -0.140. The van der Waals surface area contributed by atoms with Gasteiger partial charge in [-0.2, -0.15) is 0 Å². The first-order valence-corrected chi connectivity index (χ1v) is 12.0. The SMILES string of the molecule is C=C(OC(=O)Nc1c(C)noc1-c1ccc(-c2ccc(C3(C(=O)O)CC3)cc2)cc1)c1ccccc1Cl. The van der Waals surface area contributed by atoms with E-state index in [4.69, 9.17) is 20.9 Å². The first kappa shape index (κ1) is 24.3. The summed E-state index contributed by atoms with van der Waals surface area (Å²) >= 11 is 6.15. The number of aliphatic carboxylic acids is 1. The summed E-state index contributed by atoms with van der Waals surface area (Å²) in [5, 5.41) is 16.6. The third-order valence-corrected chi connectivity index (χ3v) is 6.89. The molecule has 0 atom stereocenters. The summed E-state index contributed by atoms with van der Waals surface area (Å²) in [6.45, 7) is 5.51. The third kappa shape index (κ3) is 4.73. The maximum atomic E-state index is 12.6. The van der Waals surface area contributed by atoms with E-state index in [2.05, 4.69) is 17.1 Å². The molecule has 3 aromatic carbocycles. The van der Waals surface area contributed by atoms with Crippen molar-refractivity contribution in [2.24, 2.45) is 0 Å². The number of aryl methyl sites for hydroxylation is 1. The molecule has 37 heavy (non-hydrogen) atoms. The summed E-state index contributed by atoms with van der Waals surface area (Å²) in [5.74, 6) is -0.268. The van der Waals surface area contributed by atoms with Crippen LogP contribution in [0.25, 0.3) is 28.2 Å². The average Bonchev–Trinajstić information content (AvgIpc) is 3.64. The zero-order chi connectivity index (χ0) is 26.2. The molecule has 1 amide bonds. The lowest BCUT2D eigenvalue weighted by atomic mass is 9.93. The average molecular weight is 515 g/mol. The van der Waals surface area contributed by atoms with Crippen LogP contribution in [0, 0.1) is 6.92 Å². The highest BCUT2D eigenvalue weighted by Crippen LogP contribution is 2.48. The quantitative estimate of drug-likeness (QED) is 0.251. The first-order chi connectivity index (χ1) is 17.8. The number of carbonyl (C=O) groups is 2. The molecule has 186 valence electrons. The Balaban J connectivity index is 1.31. The Labute approximate surface area is 218 Å². The lowest BCUT2D eigenvalue weighted by Gasteiger charge is -2.11. The topological polar surface area (TPSA) is 102 Å². The molecule has 0 aliphatic heterocycles. The predicted octanol–water partition coefficient (Wildman–Crippen LogP) is 7.31. The van der Waals surface area contributed by atoms with E-state index in [1.807, 2.05) is 48.5 Å². The van der Waals surface area contributed by atoms with Gasteiger partial charge in [0, 0.05) is 11.1 Å². The minimum atomic E-state index is -0.770. The Morgan fingerprint density at radius 3 is 2.19 bits per heavy atom. The number of amides is 1. The molecule has 0 saturated heterocycles. The summed E-state index contributed by atoms with van der Waals surface area (Å²) in [7, 11) is 0. The van der Waals surface area contributed by atoms with Gasteiger partial charge in [0.25, 0.3) is 0 Å². The molecule has 1 fully saturated rings. The fourth-order valence-electron chi connectivity index (χ4n) is 4.24. The minimum absolute atomic E-state index is 0.116. The van der Waals surface area contributed by atoms with Crippen molar-refractivity contribution in [1.29, 1.82) is 0 Å². The van der Waals surface area contributed by atoms with Crippen molar-refractivity contribution in [3.8, 4) is 22.5 Å². The van der Waals surface area contributed by atoms with Crippen LogP contribution in [-0.4, -0.2) is 22.3 Å². The van der Waals surface area contributed by atoms with E-state index in [0.29, 0.717) is 46.1 Å². The summed E-state index contributed by atoms with van der Waals surface area (Å²) in [4.78, 5) is 24.2. The van der Waals surface area contributed by atoms with Crippen molar-refractivity contribution in [1.82, 2.24) is 5.16 Å². The fourth-order valence-corrected chi connectivity index (χ4v) is 4.48. The van der Waals surface area contributed by atoms with Crippen LogP contribution in [0.1, 0.15) is 29.7 Å². The number of rotatable bonds is 7. The monoisotopic (exact) mass is 514 g/mol. The lowest BCUT2D eigenvalue weighted by Crippen LogP contribution is -2.19. The van der Waals surface area contributed by atoms with E-state index in [9.17, 15) is 14.7 Å². The van der Waals surface area contributed by atoms with Gasteiger partial charge in [-0.25, -0.2) is 4.79 Å². The number of nitrogens with zero attached hydrogens (tertiary/aromatic N) is 1. The molecule has 5 rings (SSSR count). The van der Waals surface area contributed by atoms with Gasteiger partial charge < -0.3 is 14.4 Å². The van der Waals surface area contributed by atoms with Crippen LogP contribution in [0.15, 0.2) is 83.9 Å². The second-order valence-electron chi connectivity index (χ2n) is 8.93. The standard InChI is InChI=1S/C29H23ClN2O5/c1-17-25(31-28(35)36-18(2)23-5-3-4-6-24(23)30)26(37-32-17)21-9-7-19(8-10-21)20-11-13-22(14-12-20)29(15-16-29)27(33)34/h3-14H,2,15-16H2,1H3,(H,31,35)(H,33,34). The molecule has 8 heteroatoms. The highest BCUT2D eigenvalue weighted by atomic mass is 35.5. The number of halogens is 1. The predicted molar refractivity (Wildman–Crippen MR) is 141 cm³/mol. The van der Waals surface area contributed by atoms with Gasteiger partial charge in [-0.15, -0.1) is 0 Å². The minimum Gasteiger partial charge on any atom is -0.481 e. The van der Waals surface area contributed by atoms with Crippen molar-refractivity contribution < 1.29 is 24.0 Å². The van der Waals surface area contributed by atoms with Crippen molar-refractivity contribution in [2.45, 2.75) is 25.2 Å². The summed E-state index contributed by atoms with van der Waals surface area (Å²) in [5.41, 5.74) is 4.13. The van der Waals surface area contributed by atoms with Gasteiger partial charge in [0.15, 0.2) is 5.76 Å². The van der Waals surface area contributed by atoms with E-state index in [-0.39, 0.29) is 5.76 Å². The Morgan fingerprint density at radius 2 is 1.59 bits per heavy atom. The maximum absolute atomic E-state index is 12.6. The Kier molecular flexibility index (Phi) is 6.31. The zero-order valence-electron chi connectivity index (χ0n) is 20.0. The molecule has 4 aromatic rings. The Bertz CT molecular complexity index is 1500. The maximum Gasteiger partial charge on any atom is 0.417 e. The second-order valence-corrected chi connectivity index (χ2v) is 9.34. The van der Waals surface area contributed by atoms with Crippen molar-refractivity contribution in [3.63, 3.8) is 0 Å². The fraction of sp³-hybridized carbons (Fsp3) is 0.138. The van der Waals surface area contributed by atoms with Gasteiger partial charge in [0.2, 0.25) is 0 Å². The molecule has 1 heterocycles. The van der Waals surface area contributed by atoms with Gasteiger partial charge in [0.05, 0.1) is 10.4 Å². The summed E-state index contributed by atoms with van der Waals surface area (Å²) in [6.07, 6.45) is 0.597. The van der Waals surface area contributed by atoms with Crippen LogP contribution in [0.4, 0.5) is 10.5 Å². The highest BCUT2D eigenvalue weighted by Gasteiger charge is 2.51. The van der Waals surface area contributed by atoms with Crippen LogP contribution in [-0.2, 0) is 14.9 Å². The van der Waals surface area contributed by atoms with E-state index < -0.39 is 17.5 Å². The number of aromatic nitrogens is 1. The summed E-state index contributed by atoms with van der Waals surface area (Å²) in [6, 6.07) is 22.1. The molecule has 1 aromatic heterocycles. The largest absolute Gasteiger partial charge is 0.481 e. The number of ether oxygens (including phenoxy) is 1. The smallest absolute Gasteiger partial charge is 0.417 e. The molecule has 7 nitrogen and oxygen atoms in total. The molecule has 1 aliphatic rings. The van der Waals surface area contributed by atoms with Crippen molar-refractivity contribution in [2.75, 3.05) is 5.32 Å². The molecule has 0 unspecified atom stereocenters. The molecule has 0 bridgehead atoms. The first-order valence-electron chi connectivity index (χ1n) is 11.6. The molecule has 0 radical (unpaired) electrons. The molecule has 2 N–H and O–H groups in total. The van der Waals surface area contributed by atoms with E-state index in [0.717, 1.165) is 16.7 Å². The van der Waals surface area contributed by atoms with Crippen LogP contribution in [0.2, 0.25) is 5.02 Å². The van der Waals surface area contributed by atoms with Gasteiger partial charge >= 0.3 is 12.1 Å². The van der Waals surface area contributed by atoms with Crippen LogP contribution in [0.5, 0.6) is 0 Å². The number of carbonyl (C=O) groups excluding carboxylic acids is 1. The zero-order valence-corrected chi connectivity index (χ0v) is 20.7. The number of benzene rings is 3. The van der Waals surface area contributed by atoms with Gasteiger partial charge in [0.1, 0.15) is 17.1 Å². The molecular formula is C29H23ClN2O5. The number of carboxylic acids is 1. The summed E-state index contributed by atoms with van der Waals surface area (Å²) < 4.78 is 10.8. The van der Waals surface area contributed by atoms with Gasteiger partial charge in [-0.1, -0.05) is 84.0 Å². The Hall–Kier alpha value is -4.36. The molecule has 1 aliphatic carbocycles.